The van der Waals surface area contributed by atoms with Crippen LogP contribution in [0.15, 0.2) is 12.3 Å². The van der Waals surface area contributed by atoms with Crippen LogP contribution in [0.4, 0.5) is 0 Å². The molecule has 2 nitrogen and oxygen atoms in total. The van der Waals surface area contributed by atoms with Crippen molar-refractivity contribution in [3.05, 3.63) is 28.4 Å². The average molecular weight is 225 g/mol. The molecule has 1 heterocycles. The van der Waals surface area contributed by atoms with Gasteiger partial charge in [-0.05, 0) is 30.5 Å². The normalized spacial score (nSPS) is 9.93. The van der Waals surface area contributed by atoms with E-state index < -0.39 is 0 Å². The van der Waals surface area contributed by atoms with Gasteiger partial charge in [-0.1, -0.05) is 32.4 Å². The van der Waals surface area contributed by atoms with Crippen molar-refractivity contribution in [3.63, 3.8) is 0 Å². The number of rotatable bonds is 1. The van der Waals surface area contributed by atoms with Crippen molar-refractivity contribution in [2.24, 2.45) is 0 Å². The van der Waals surface area contributed by atoms with E-state index in [9.17, 15) is 0 Å². The Hall–Kier alpha value is -1.02. The van der Waals surface area contributed by atoms with E-state index in [1.165, 1.54) is 5.56 Å². The standard InChI is InChI=1S/C10H11ClN2.C2H6/c1-3-7-8-5-12-13-9(8)4-6(2)10(7)11;1-2/h4-5H,3H2,1-2H3,(H,12,13);1-2H3. The van der Waals surface area contributed by atoms with Gasteiger partial charge in [-0.25, -0.2) is 0 Å². The van der Waals surface area contributed by atoms with E-state index in [1.807, 2.05) is 33.0 Å². The first-order valence-electron chi connectivity index (χ1n) is 5.35. The molecule has 0 atom stereocenters. The number of aromatic amines is 1. The van der Waals surface area contributed by atoms with Crippen LogP contribution in [0.2, 0.25) is 5.02 Å². The molecule has 0 fully saturated rings. The zero-order valence-electron chi connectivity index (χ0n) is 9.69. The Balaban J connectivity index is 0.000000531. The summed E-state index contributed by atoms with van der Waals surface area (Å²) in [5.74, 6) is 0. The van der Waals surface area contributed by atoms with Crippen LogP contribution in [0.1, 0.15) is 31.9 Å². The van der Waals surface area contributed by atoms with Gasteiger partial charge in [0.25, 0.3) is 0 Å². The first-order valence-corrected chi connectivity index (χ1v) is 5.73. The van der Waals surface area contributed by atoms with Gasteiger partial charge < -0.3 is 0 Å². The minimum absolute atomic E-state index is 0.872. The molecular formula is C12H17ClN2. The van der Waals surface area contributed by atoms with Gasteiger partial charge in [0.15, 0.2) is 0 Å². The molecule has 0 saturated carbocycles. The number of nitrogens with zero attached hydrogens (tertiary/aromatic N) is 1. The molecule has 0 aliphatic heterocycles. The molecule has 0 aliphatic rings. The molecule has 2 rings (SSSR count). The minimum Gasteiger partial charge on any atom is -0.278 e. The van der Waals surface area contributed by atoms with Crippen LogP contribution in [0.25, 0.3) is 10.9 Å². The Bertz CT molecular complexity index is 446. The summed E-state index contributed by atoms with van der Waals surface area (Å²) in [6, 6.07) is 2.03. The van der Waals surface area contributed by atoms with E-state index >= 15 is 0 Å². The van der Waals surface area contributed by atoms with Crippen LogP contribution in [-0.2, 0) is 6.42 Å². The van der Waals surface area contributed by atoms with E-state index in [1.54, 1.807) is 0 Å². The second-order valence-corrected chi connectivity index (χ2v) is 3.55. The van der Waals surface area contributed by atoms with Gasteiger partial charge >= 0.3 is 0 Å². The second-order valence-electron chi connectivity index (χ2n) is 3.17. The lowest BCUT2D eigenvalue weighted by Crippen LogP contribution is -1.87. The number of hydrogen-bond acceptors (Lipinski definition) is 1. The van der Waals surface area contributed by atoms with Crippen molar-refractivity contribution in [1.29, 1.82) is 0 Å². The summed E-state index contributed by atoms with van der Waals surface area (Å²) < 4.78 is 0. The maximum Gasteiger partial charge on any atom is 0.0656 e. The summed E-state index contributed by atoms with van der Waals surface area (Å²) in [5, 5.41) is 8.97. The highest BCUT2D eigenvalue weighted by molar-refractivity contribution is 6.33. The predicted molar refractivity (Wildman–Crippen MR) is 66.6 cm³/mol. The molecule has 3 heteroatoms. The molecule has 0 unspecified atom stereocenters. The third-order valence-electron chi connectivity index (χ3n) is 2.32. The fourth-order valence-corrected chi connectivity index (χ4v) is 1.92. The van der Waals surface area contributed by atoms with Crippen molar-refractivity contribution >= 4 is 22.5 Å². The molecule has 0 saturated heterocycles. The number of H-pyrrole nitrogens is 1. The number of nitrogens with one attached hydrogen (secondary N) is 1. The Labute approximate surface area is 95.6 Å². The summed E-state index contributed by atoms with van der Waals surface area (Å²) in [6.45, 7) is 8.12. The smallest absolute Gasteiger partial charge is 0.0656 e. The highest BCUT2D eigenvalue weighted by Crippen LogP contribution is 2.28. The molecule has 2 aromatic rings. The molecule has 0 aliphatic carbocycles. The van der Waals surface area contributed by atoms with Crippen molar-refractivity contribution in [1.82, 2.24) is 10.2 Å². The van der Waals surface area contributed by atoms with Crippen LogP contribution in [-0.4, -0.2) is 10.2 Å². The first kappa shape index (κ1) is 12.1. The third kappa shape index (κ3) is 2.15. The van der Waals surface area contributed by atoms with Crippen LogP contribution >= 0.6 is 11.6 Å². The van der Waals surface area contributed by atoms with Crippen LogP contribution < -0.4 is 0 Å². The SMILES string of the molecule is CC.CCc1c(Cl)c(C)cc2[nH]ncc12. The molecule has 1 aromatic heterocycles. The van der Waals surface area contributed by atoms with Crippen molar-refractivity contribution < 1.29 is 0 Å². The summed E-state index contributed by atoms with van der Waals surface area (Å²) in [7, 11) is 0. The van der Waals surface area contributed by atoms with Crippen LogP contribution in [0, 0.1) is 6.92 Å². The second kappa shape index (κ2) is 5.17. The lowest BCUT2D eigenvalue weighted by molar-refractivity contribution is 1.12. The lowest BCUT2D eigenvalue weighted by atomic mass is 10.0. The Kier molecular flexibility index (Phi) is 4.15. The largest absolute Gasteiger partial charge is 0.278 e. The summed E-state index contributed by atoms with van der Waals surface area (Å²) in [6.07, 6.45) is 2.77. The number of fused-ring (bicyclic) bond motifs is 1. The number of hydrogen-bond donors (Lipinski definition) is 1. The van der Waals surface area contributed by atoms with E-state index in [0.29, 0.717) is 0 Å². The fourth-order valence-electron chi connectivity index (χ4n) is 1.63. The molecule has 82 valence electrons. The summed E-state index contributed by atoms with van der Waals surface area (Å²) >= 11 is 6.19. The maximum absolute atomic E-state index is 6.19. The van der Waals surface area contributed by atoms with Gasteiger partial charge in [-0.3, -0.25) is 5.10 Å². The lowest BCUT2D eigenvalue weighted by Gasteiger charge is -2.05. The number of benzene rings is 1. The number of aromatic nitrogens is 2. The zero-order chi connectivity index (χ0) is 11.4. The van der Waals surface area contributed by atoms with Gasteiger partial charge in [0.05, 0.1) is 11.7 Å². The number of halogens is 1. The zero-order valence-corrected chi connectivity index (χ0v) is 10.4. The van der Waals surface area contributed by atoms with Gasteiger partial charge in [0, 0.05) is 10.4 Å². The molecule has 0 spiro atoms. The van der Waals surface area contributed by atoms with E-state index in [2.05, 4.69) is 17.1 Å². The van der Waals surface area contributed by atoms with Gasteiger partial charge in [0.1, 0.15) is 0 Å². The van der Waals surface area contributed by atoms with Crippen molar-refractivity contribution in [2.45, 2.75) is 34.1 Å². The summed E-state index contributed by atoms with van der Waals surface area (Å²) in [4.78, 5) is 0. The van der Waals surface area contributed by atoms with Crippen molar-refractivity contribution in [2.75, 3.05) is 0 Å². The van der Waals surface area contributed by atoms with Crippen LogP contribution in [0.3, 0.4) is 0 Å². The number of aryl methyl sites for hydroxylation is 2. The summed E-state index contributed by atoms with van der Waals surface area (Å²) in [5.41, 5.74) is 3.36. The molecule has 1 aromatic carbocycles. The first-order chi connectivity index (χ1) is 7.24. The van der Waals surface area contributed by atoms with Gasteiger partial charge in [0.2, 0.25) is 0 Å². The van der Waals surface area contributed by atoms with Crippen molar-refractivity contribution in [3.8, 4) is 0 Å². The molecule has 15 heavy (non-hydrogen) atoms. The highest BCUT2D eigenvalue weighted by Gasteiger charge is 2.08. The van der Waals surface area contributed by atoms with Crippen LogP contribution in [0.5, 0.6) is 0 Å². The molecule has 0 bridgehead atoms. The minimum atomic E-state index is 0.872. The predicted octanol–water partition coefficient (Wildman–Crippen LogP) is 4.11. The van der Waals surface area contributed by atoms with Gasteiger partial charge in [-0.15, -0.1) is 0 Å². The topological polar surface area (TPSA) is 28.7 Å². The molecular weight excluding hydrogens is 208 g/mol. The Morgan fingerprint density at radius 1 is 1.40 bits per heavy atom. The molecule has 0 radical (unpaired) electrons. The highest BCUT2D eigenvalue weighted by atomic mass is 35.5. The monoisotopic (exact) mass is 224 g/mol. The van der Waals surface area contributed by atoms with E-state index in [0.717, 1.165) is 27.9 Å². The Morgan fingerprint density at radius 3 is 2.67 bits per heavy atom. The fraction of sp³-hybridized carbons (Fsp3) is 0.417. The van der Waals surface area contributed by atoms with Gasteiger partial charge in [-0.2, -0.15) is 5.10 Å². The maximum atomic E-state index is 6.19. The third-order valence-corrected chi connectivity index (χ3v) is 2.85. The molecule has 0 amide bonds. The Morgan fingerprint density at radius 2 is 2.07 bits per heavy atom. The van der Waals surface area contributed by atoms with E-state index in [4.69, 9.17) is 11.6 Å². The molecule has 1 N–H and O–H groups in total. The van der Waals surface area contributed by atoms with E-state index in [-0.39, 0.29) is 0 Å². The average Bonchev–Trinajstić information content (AvgIpc) is 2.70. The quantitative estimate of drug-likeness (QED) is 0.776.